The highest BCUT2D eigenvalue weighted by Crippen LogP contribution is 2.29. The molecule has 1 saturated heterocycles. The van der Waals surface area contributed by atoms with Crippen molar-refractivity contribution >= 4 is 11.6 Å². The van der Waals surface area contributed by atoms with Gasteiger partial charge in [0.1, 0.15) is 11.8 Å². The SMILES string of the molecule is COc1ccccc1N1CCNC(=O)C1CO. The number of rotatable bonds is 3. The second-order valence-electron chi connectivity index (χ2n) is 3.85. The third kappa shape index (κ3) is 2.19. The first kappa shape index (κ1) is 11.7. The van der Waals surface area contributed by atoms with Gasteiger partial charge < -0.3 is 20.1 Å². The number of methoxy groups -OCH3 is 1. The third-order valence-electron chi connectivity index (χ3n) is 2.90. The minimum absolute atomic E-state index is 0.148. The van der Waals surface area contributed by atoms with Crippen LogP contribution in [0.5, 0.6) is 5.75 Å². The Morgan fingerprint density at radius 2 is 2.29 bits per heavy atom. The van der Waals surface area contributed by atoms with Gasteiger partial charge in [0.05, 0.1) is 19.4 Å². The van der Waals surface area contributed by atoms with E-state index in [1.807, 2.05) is 29.2 Å². The number of nitrogens with zero attached hydrogens (tertiary/aromatic N) is 1. The molecular weight excluding hydrogens is 220 g/mol. The molecule has 0 saturated carbocycles. The van der Waals surface area contributed by atoms with Crippen LogP contribution in [0.2, 0.25) is 0 Å². The summed E-state index contributed by atoms with van der Waals surface area (Å²) >= 11 is 0. The Labute approximate surface area is 100.0 Å². The van der Waals surface area contributed by atoms with Gasteiger partial charge in [0.25, 0.3) is 0 Å². The van der Waals surface area contributed by atoms with Crippen molar-refractivity contribution in [1.29, 1.82) is 0 Å². The number of carbonyl (C=O) groups is 1. The van der Waals surface area contributed by atoms with Gasteiger partial charge in [-0.05, 0) is 12.1 Å². The molecule has 5 heteroatoms. The summed E-state index contributed by atoms with van der Waals surface area (Å²) in [5, 5.41) is 12.1. The molecule has 0 radical (unpaired) electrons. The number of nitrogens with one attached hydrogen (secondary N) is 1. The van der Waals surface area contributed by atoms with Crippen LogP contribution < -0.4 is 15.0 Å². The maximum atomic E-state index is 11.7. The largest absolute Gasteiger partial charge is 0.495 e. The van der Waals surface area contributed by atoms with Gasteiger partial charge in [0.15, 0.2) is 0 Å². The van der Waals surface area contributed by atoms with Crippen LogP contribution >= 0.6 is 0 Å². The summed E-state index contributed by atoms with van der Waals surface area (Å²) in [6.45, 7) is 1.04. The number of ether oxygens (including phenoxy) is 1. The van der Waals surface area contributed by atoms with E-state index in [9.17, 15) is 9.90 Å². The van der Waals surface area contributed by atoms with E-state index in [1.54, 1.807) is 7.11 Å². The van der Waals surface area contributed by atoms with Gasteiger partial charge in [-0.1, -0.05) is 12.1 Å². The standard InChI is InChI=1S/C12H16N2O3/c1-17-11-5-3-2-4-9(11)14-7-6-13-12(16)10(14)8-15/h2-5,10,15H,6-8H2,1H3,(H,13,16). The molecule has 0 aromatic heterocycles. The fourth-order valence-electron chi connectivity index (χ4n) is 2.05. The van der Waals surface area contributed by atoms with Gasteiger partial charge in [-0.15, -0.1) is 0 Å². The number of aliphatic hydroxyl groups is 1. The summed E-state index contributed by atoms with van der Waals surface area (Å²) in [5.41, 5.74) is 0.837. The van der Waals surface area contributed by atoms with E-state index in [0.717, 1.165) is 5.69 Å². The summed E-state index contributed by atoms with van der Waals surface area (Å²) in [6, 6.07) is 6.95. The average molecular weight is 236 g/mol. The lowest BCUT2D eigenvalue weighted by molar-refractivity contribution is -0.124. The van der Waals surface area contributed by atoms with Crippen LogP contribution in [0.25, 0.3) is 0 Å². The molecule has 17 heavy (non-hydrogen) atoms. The van der Waals surface area contributed by atoms with Crippen molar-refractivity contribution < 1.29 is 14.6 Å². The van der Waals surface area contributed by atoms with Crippen LogP contribution in [-0.2, 0) is 4.79 Å². The molecule has 5 nitrogen and oxygen atoms in total. The normalized spacial score (nSPS) is 20.0. The van der Waals surface area contributed by atoms with Crippen molar-refractivity contribution in [1.82, 2.24) is 5.32 Å². The van der Waals surface area contributed by atoms with Crippen LogP contribution in [0.1, 0.15) is 0 Å². The first-order valence-corrected chi connectivity index (χ1v) is 5.56. The van der Waals surface area contributed by atoms with Crippen LogP contribution in [0.15, 0.2) is 24.3 Å². The summed E-state index contributed by atoms with van der Waals surface area (Å²) in [4.78, 5) is 13.5. The number of aliphatic hydroxyl groups excluding tert-OH is 1. The summed E-state index contributed by atoms with van der Waals surface area (Å²) in [5.74, 6) is 0.560. The smallest absolute Gasteiger partial charge is 0.245 e. The first-order chi connectivity index (χ1) is 8.27. The molecule has 1 unspecified atom stereocenters. The monoisotopic (exact) mass is 236 g/mol. The maximum Gasteiger partial charge on any atom is 0.245 e. The van der Waals surface area contributed by atoms with Crippen LogP contribution in [0, 0.1) is 0 Å². The second-order valence-corrected chi connectivity index (χ2v) is 3.85. The Morgan fingerprint density at radius 1 is 1.53 bits per heavy atom. The molecule has 0 bridgehead atoms. The van der Waals surface area contributed by atoms with Crippen molar-refractivity contribution in [3.8, 4) is 5.75 Å². The number of amides is 1. The van der Waals surface area contributed by atoms with E-state index in [-0.39, 0.29) is 12.5 Å². The van der Waals surface area contributed by atoms with Gasteiger partial charge in [-0.2, -0.15) is 0 Å². The molecule has 92 valence electrons. The molecule has 1 aromatic rings. The van der Waals surface area contributed by atoms with Gasteiger partial charge in [0, 0.05) is 13.1 Å². The number of anilines is 1. The van der Waals surface area contributed by atoms with Crippen LogP contribution in [-0.4, -0.2) is 43.9 Å². The molecule has 1 aromatic carbocycles. The highest BCUT2D eigenvalue weighted by atomic mass is 16.5. The molecule has 1 heterocycles. The zero-order valence-electron chi connectivity index (χ0n) is 9.72. The number of benzene rings is 1. The molecule has 1 amide bonds. The third-order valence-corrected chi connectivity index (χ3v) is 2.90. The number of piperazine rings is 1. The van der Waals surface area contributed by atoms with Crippen molar-refractivity contribution in [3.05, 3.63) is 24.3 Å². The molecule has 1 aliphatic heterocycles. The quantitative estimate of drug-likeness (QED) is 0.775. The summed E-state index contributed by atoms with van der Waals surface area (Å²) in [7, 11) is 1.59. The Hall–Kier alpha value is -1.75. The molecule has 0 spiro atoms. The Kier molecular flexibility index (Phi) is 3.49. The zero-order valence-corrected chi connectivity index (χ0v) is 9.72. The van der Waals surface area contributed by atoms with E-state index in [0.29, 0.717) is 18.8 Å². The van der Waals surface area contributed by atoms with E-state index in [4.69, 9.17) is 4.74 Å². The zero-order chi connectivity index (χ0) is 12.3. The maximum absolute atomic E-state index is 11.7. The van der Waals surface area contributed by atoms with Crippen molar-refractivity contribution in [2.45, 2.75) is 6.04 Å². The number of carbonyl (C=O) groups excluding carboxylic acids is 1. The molecule has 1 aliphatic rings. The number of hydrogen-bond acceptors (Lipinski definition) is 4. The van der Waals surface area contributed by atoms with Crippen LogP contribution in [0.3, 0.4) is 0 Å². The molecule has 1 atom stereocenters. The summed E-state index contributed by atoms with van der Waals surface area (Å²) in [6.07, 6.45) is 0. The van der Waals surface area contributed by atoms with Gasteiger partial charge in [-0.3, -0.25) is 4.79 Å². The van der Waals surface area contributed by atoms with E-state index >= 15 is 0 Å². The average Bonchev–Trinajstić information content (AvgIpc) is 2.38. The molecule has 0 aliphatic carbocycles. The summed E-state index contributed by atoms with van der Waals surface area (Å²) < 4.78 is 5.27. The topological polar surface area (TPSA) is 61.8 Å². The predicted octanol–water partition coefficient (Wildman–Crippen LogP) is -0.00770. The fourth-order valence-corrected chi connectivity index (χ4v) is 2.05. The molecule has 2 N–H and O–H groups in total. The first-order valence-electron chi connectivity index (χ1n) is 5.56. The molecule has 2 rings (SSSR count). The highest BCUT2D eigenvalue weighted by Gasteiger charge is 2.30. The predicted molar refractivity (Wildman–Crippen MR) is 64.2 cm³/mol. The van der Waals surface area contributed by atoms with Crippen molar-refractivity contribution in [2.75, 3.05) is 31.7 Å². The van der Waals surface area contributed by atoms with Crippen molar-refractivity contribution in [2.24, 2.45) is 0 Å². The lowest BCUT2D eigenvalue weighted by atomic mass is 10.1. The number of para-hydroxylation sites is 2. The Bertz CT molecular complexity index is 408. The van der Waals surface area contributed by atoms with Crippen LogP contribution in [0.4, 0.5) is 5.69 Å². The van der Waals surface area contributed by atoms with E-state index in [1.165, 1.54) is 0 Å². The fraction of sp³-hybridized carbons (Fsp3) is 0.417. The van der Waals surface area contributed by atoms with E-state index in [2.05, 4.69) is 5.32 Å². The minimum Gasteiger partial charge on any atom is -0.495 e. The van der Waals surface area contributed by atoms with E-state index < -0.39 is 6.04 Å². The minimum atomic E-state index is -0.542. The van der Waals surface area contributed by atoms with Gasteiger partial charge in [0.2, 0.25) is 5.91 Å². The highest BCUT2D eigenvalue weighted by molar-refractivity contribution is 5.87. The van der Waals surface area contributed by atoms with Gasteiger partial charge >= 0.3 is 0 Å². The molecular formula is C12H16N2O3. The Balaban J connectivity index is 2.33. The lowest BCUT2D eigenvalue weighted by Gasteiger charge is -2.36. The van der Waals surface area contributed by atoms with Gasteiger partial charge in [-0.25, -0.2) is 0 Å². The Morgan fingerprint density at radius 3 is 3.00 bits per heavy atom. The number of hydrogen-bond donors (Lipinski definition) is 2. The lowest BCUT2D eigenvalue weighted by Crippen LogP contribution is -2.57. The second kappa shape index (κ2) is 5.05. The molecule has 1 fully saturated rings. The van der Waals surface area contributed by atoms with Crippen molar-refractivity contribution in [3.63, 3.8) is 0 Å².